The number of benzene rings is 1. The van der Waals surface area contributed by atoms with E-state index in [4.69, 9.17) is 9.47 Å². The molecular weight excluding hydrogens is 344 g/mol. The van der Waals surface area contributed by atoms with Crippen LogP contribution in [-0.2, 0) is 20.9 Å². The Balaban J connectivity index is 1.58. The van der Waals surface area contributed by atoms with E-state index < -0.39 is 23.7 Å². The predicted octanol–water partition coefficient (Wildman–Crippen LogP) is 3.46. The molecule has 0 spiro atoms. The molecule has 26 heavy (non-hydrogen) atoms. The summed E-state index contributed by atoms with van der Waals surface area (Å²) in [5, 5.41) is 2.55. The number of nitrogens with one attached hydrogen (secondary N) is 1. The maximum absolute atomic E-state index is 13.4. The number of amides is 1. The SMILES string of the molecule is C[C@]1(C(=O)[C@H](CC2CCC(F)(F)C2)NC(=O)OCc2ccccc2)CO1. The van der Waals surface area contributed by atoms with Crippen LogP contribution >= 0.6 is 0 Å². The molecule has 2 aliphatic rings. The molecule has 5 nitrogen and oxygen atoms in total. The third kappa shape index (κ3) is 4.78. The Morgan fingerprint density at radius 1 is 1.35 bits per heavy atom. The number of hydrogen-bond acceptors (Lipinski definition) is 4. The molecule has 1 amide bonds. The Kier molecular flexibility index (Phi) is 5.27. The number of ether oxygens (including phenoxy) is 2. The first-order valence-corrected chi connectivity index (χ1v) is 8.81. The third-order valence-corrected chi connectivity index (χ3v) is 4.99. The van der Waals surface area contributed by atoms with Gasteiger partial charge in [0.15, 0.2) is 5.78 Å². The molecule has 3 atom stereocenters. The molecule has 3 rings (SSSR count). The fraction of sp³-hybridized carbons (Fsp3) is 0.579. The summed E-state index contributed by atoms with van der Waals surface area (Å²) in [4.78, 5) is 24.7. The van der Waals surface area contributed by atoms with Crippen molar-refractivity contribution < 1.29 is 27.8 Å². The Hall–Kier alpha value is -2.02. The summed E-state index contributed by atoms with van der Waals surface area (Å²) in [6, 6.07) is 8.25. The largest absolute Gasteiger partial charge is 0.445 e. The fourth-order valence-corrected chi connectivity index (χ4v) is 3.33. The van der Waals surface area contributed by atoms with Gasteiger partial charge in [0.2, 0.25) is 5.92 Å². The van der Waals surface area contributed by atoms with Crippen LogP contribution in [0.1, 0.15) is 38.2 Å². The van der Waals surface area contributed by atoms with Crippen molar-refractivity contribution in [1.29, 1.82) is 0 Å². The second kappa shape index (κ2) is 7.31. The topological polar surface area (TPSA) is 67.9 Å². The summed E-state index contributed by atoms with van der Waals surface area (Å²) in [5.41, 5.74) is -0.114. The van der Waals surface area contributed by atoms with E-state index in [0.29, 0.717) is 6.42 Å². The molecule has 142 valence electrons. The van der Waals surface area contributed by atoms with E-state index in [2.05, 4.69) is 5.32 Å². The highest BCUT2D eigenvalue weighted by Crippen LogP contribution is 2.41. The van der Waals surface area contributed by atoms with Gasteiger partial charge >= 0.3 is 6.09 Å². The average molecular weight is 367 g/mol. The van der Waals surface area contributed by atoms with E-state index in [-0.39, 0.29) is 44.2 Å². The number of hydrogen-bond donors (Lipinski definition) is 1. The van der Waals surface area contributed by atoms with Crippen LogP contribution in [0, 0.1) is 5.92 Å². The van der Waals surface area contributed by atoms with Crippen LogP contribution in [-0.4, -0.2) is 36.0 Å². The highest BCUT2D eigenvalue weighted by Gasteiger charge is 2.51. The van der Waals surface area contributed by atoms with Gasteiger partial charge in [-0.2, -0.15) is 0 Å². The van der Waals surface area contributed by atoms with Crippen LogP contribution in [0.4, 0.5) is 13.6 Å². The molecule has 1 aromatic rings. The summed E-state index contributed by atoms with van der Waals surface area (Å²) in [6.07, 6.45) is -0.649. The van der Waals surface area contributed by atoms with Gasteiger partial charge in [-0.15, -0.1) is 0 Å². The number of epoxide rings is 1. The number of carbonyl (C=O) groups is 2. The fourth-order valence-electron chi connectivity index (χ4n) is 3.33. The summed E-state index contributed by atoms with van der Waals surface area (Å²) in [6.45, 7) is 2.00. The molecule has 0 radical (unpaired) electrons. The second-order valence-corrected chi connectivity index (χ2v) is 7.34. The van der Waals surface area contributed by atoms with Crippen molar-refractivity contribution in [1.82, 2.24) is 5.32 Å². The maximum Gasteiger partial charge on any atom is 0.408 e. The third-order valence-electron chi connectivity index (χ3n) is 4.99. The number of rotatable bonds is 7. The summed E-state index contributed by atoms with van der Waals surface area (Å²) >= 11 is 0. The van der Waals surface area contributed by atoms with Gasteiger partial charge in [0.1, 0.15) is 12.2 Å². The van der Waals surface area contributed by atoms with Gasteiger partial charge in [0.05, 0.1) is 12.6 Å². The van der Waals surface area contributed by atoms with Gasteiger partial charge in [0, 0.05) is 12.8 Å². The lowest BCUT2D eigenvalue weighted by Gasteiger charge is -2.22. The van der Waals surface area contributed by atoms with E-state index in [9.17, 15) is 18.4 Å². The number of halogens is 2. The molecule has 0 aromatic heterocycles. The molecule has 1 N–H and O–H groups in total. The highest BCUT2D eigenvalue weighted by molar-refractivity contribution is 5.95. The Morgan fingerprint density at radius 2 is 2.04 bits per heavy atom. The van der Waals surface area contributed by atoms with Gasteiger partial charge in [-0.1, -0.05) is 30.3 Å². The highest BCUT2D eigenvalue weighted by atomic mass is 19.3. The summed E-state index contributed by atoms with van der Waals surface area (Å²) in [7, 11) is 0. The van der Waals surface area contributed by atoms with E-state index in [0.717, 1.165) is 5.56 Å². The molecule has 1 aromatic carbocycles. The molecule has 1 saturated carbocycles. The van der Waals surface area contributed by atoms with Gasteiger partial charge in [-0.25, -0.2) is 13.6 Å². The lowest BCUT2D eigenvalue weighted by molar-refractivity contribution is -0.126. The number of alkyl carbamates (subject to hydrolysis) is 1. The van der Waals surface area contributed by atoms with Gasteiger partial charge < -0.3 is 14.8 Å². The van der Waals surface area contributed by atoms with Crippen molar-refractivity contribution in [3.8, 4) is 0 Å². The number of carbonyl (C=O) groups excluding carboxylic acids is 2. The summed E-state index contributed by atoms with van der Waals surface area (Å²) in [5.74, 6) is -3.29. The average Bonchev–Trinajstić information content (AvgIpc) is 3.27. The molecule has 1 saturated heterocycles. The van der Waals surface area contributed by atoms with E-state index >= 15 is 0 Å². The van der Waals surface area contributed by atoms with Crippen LogP contribution in [0.25, 0.3) is 0 Å². The van der Waals surface area contributed by atoms with Gasteiger partial charge in [-0.3, -0.25) is 4.79 Å². The predicted molar refractivity (Wildman–Crippen MR) is 89.8 cm³/mol. The van der Waals surface area contributed by atoms with Crippen molar-refractivity contribution in [3.05, 3.63) is 35.9 Å². The number of alkyl halides is 2. The van der Waals surface area contributed by atoms with Crippen LogP contribution in [0.3, 0.4) is 0 Å². The zero-order valence-corrected chi connectivity index (χ0v) is 14.7. The smallest absolute Gasteiger partial charge is 0.408 e. The first-order chi connectivity index (χ1) is 12.3. The minimum atomic E-state index is -2.69. The molecule has 1 aliphatic carbocycles. The van der Waals surface area contributed by atoms with E-state index in [1.165, 1.54) is 0 Å². The zero-order valence-electron chi connectivity index (χ0n) is 14.7. The van der Waals surface area contributed by atoms with Crippen molar-refractivity contribution >= 4 is 11.9 Å². The zero-order chi connectivity index (χ0) is 18.8. The van der Waals surface area contributed by atoms with Crippen LogP contribution in [0.2, 0.25) is 0 Å². The number of ketones is 1. The molecule has 0 bridgehead atoms. The van der Waals surface area contributed by atoms with E-state index in [1.54, 1.807) is 6.92 Å². The lowest BCUT2D eigenvalue weighted by Crippen LogP contribution is -2.47. The standard InChI is InChI=1S/C19H23F2NO4/c1-18(12-26-18)16(23)15(9-14-7-8-19(20,21)10-14)22-17(24)25-11-13-5-3-2-4-6-13/h2-6,14-15H,7-12H2,1H3,(H,22,24)/t14?,15-,18+/m0/s1. The molecular formula is C19H23F2NO4. The monoisotopic (exact) mass is 367 g/mol. The maximum atomic E-state index is 13.4. The number of Topliss-reactive ketones (excluding diaryl/α,β-unsaturated/α-hetero) is 1. The van der Waals surface area contributed by atoms with Gasteiger partial charge in [0.25, 0.3) is 0 Å². The van der Waals surface area contributed by atoms with Crippen molar-refractivity contribution in [3.63, 3.8) is 0 Å². The van der Waals surface area contributed by atoms with Crippen molar-refractivity contribution in [2.75, 3.05) is 6.61 Å². The lowest BCUT2D eigenvalue weighted by atomic mass is 9.91. The Labute approximate surface area is 151 Å². The molecule has 7 heteroatoms. The first-order valence-electron chi connectivity index (χ1n) is 8.81. The normalized spacial score (nSPS) is 27.6. The molecule has 2 fully saturated rings. The minimum Gasteiger partial charge on any atom is -0.445 e. The van der Waals surface area contributed by atoms with Crippen molar-refractivity contribution in [2.45, 2.75) is 56.8 Å². The molecule has 1 aliphatic heterocycles. The van der Waals surface area contributed by atoms with Crippen LogP contribution in [0.5, 0.6) is 0 Å². The van der Waals surface area contributed by atoms with Gasteiger partial charge in [-0.05, 0) is 31.2 Å². The second-order valence-electron chi connectivity index (χ2n) is 7.34. The van der Waals surface area contributed by atoms with Crippen LogP contribution in [0.15, 0.2) is 30.3 Å². The van der Waals surface area contributed by atoms with Crippen molar-refractivity contribution in [2.24, 2.45) is 5.92 Å². The first kappa shape index (κ1) is 18.8. The summed E-state index contributed by atoms with van der Waals surface area (Å²) < 4.78 is 37.2. The Morgan fingerprint density at radius 3 is 2.62 bits per heavy atom. The Bertz CT molecular complexity index is 661. The van der Waals surface area contributed by atoms with E-state index in [1.807, 2.05) is 30.3 Å². The quantitative estimate of drug-likeness (QED) is 0.750. The minimum absolute atomic E-state index is 0.0723. The molecule has 1 heterocycles. The van der Waals surface area contributed by atoms with Crippen LogP contribution < -0.4 is 5.32 Å². The molecule has 1 unspecified atom stereocenters.